The Hall–Kier alpha value is -1.84. The second kappa shape index (κ2) is 6.74. The number of benzene rings is 2. The van der Waals surface area contributed by atoms with Crippen LogP contribution in [0.25, 0.3) is 0 Å². The van der Waals surface area contributed by atoms with E-state index < -0.39 is 0 Å². The van der Waals surface area contributed by atoms with E-state index in [1.165, 1.54) is 12.8 Å². The van der Waals surface area contributed by atoms with E-state index in [-0.39, 0.29) is 11.8 Å². The third-order valence-corrected chi connectivity index (χ3v) is 4.01. The van der Waals surface area contributed by atoms with E-state index in [1.54, 1.807) is 12.1 Å². The van der Waals surface area contributed by atoms with Crippen molar-refractivity contribution >= 4 is 0 Å². The molecule has 1 aliphatic rings. The van der Waals surface area contributed by atoms with Gasteiger partial charge in [0.1, 0.15) is 5.75 Å². The molecule has 2 N–H and O–H groups in total. The zero-order valence-corrected chi connectivity index (χ0v) is 12.0. The predicted octanol–water partition coefficient (Wildman–Crippen LogP) is 3.95. The number of nitrogens with one attached hydrogen (secondary N) is 1. The lowest BCUT2D eigenvalue weighted by atomic mass is 9.99. The van der Waals surface area contributed by atoms with Gasteiger partial charge >= 0.3 is 0 Å². The third-order valence-electron chi connectivity index (χ3n) is 4.01. The molecule has 3 nitrogen and oxygen atoms in total. The van der Waals surface area contributed by atoms with Gasteiger partial charge in [0.15, 0.2) is 0 Å². The van der Waals surface area contributed by atoms with Crippen molar-refractivity contribution in [1.82, 2.24) is 5.48 Å². The minimum atomic E-state index is -0.0209. The highest BCUT2D eigenvalue weighted by atomic mass is 16.7. The summed E-state index contributed by atoms with van der Waals surface area (Å²) in [5.74, 6) is 0.280. The summed E-state index contributed by atoms with van der Waals surface area (Å²) in [7, 11) is 0. The molecule has 1 atom stereocenters. The van der Waals surface area contributed by atoms with Crippen molar-refractivity contribution in [2.45, 2.75) is 37.8 Å². The van der Waals surface area contributed by atoms with Gasteiger partial charge in [-0.25, -0.2) is 0 Å². The van der Waals surface area contributed by atoms with Crippen molar-refractivity contribution in [2.75, 3.05) is 0 Å². The molecule has 1 unspecified atom stereocenters. The van der Waals surface area contributed by atoms with E-state index in [0.717, 1.165) is 24.0 Å². The molecule has 110 valence electrons. The number of hydroxylamine groups is 1. The summed E-state index contributed by atoms with van der Waals surface area (Å²) in [6.45, 7) is 0. The number of rotatable bonds is 5. The van der Waals surface area contributed by atoms with Gasteiger partial charge in [-0.2, -0.15) is 5.48 Å². The number of hydrogen-bond donors (Lipinski definition) is 2. The maximum atomic E-state index is 9.46. The largest absolute Gasteiger partial charge is 0.508 e. The lowest BCUT2D eigenvalue weighted by molar-refractivity contribution is -0.0340. The quantitative estimate of drug-likeness (QED) is 0.816. The Morgan fingerprint density at radius 2 is 1.52 bits per heavy atom. The summed E-state index contributed by atoms with van der Waals surface area (Å²) in [6.07, 6.45) is 5.07. The smallest absolute Gasteiger partial charge is 0.115 e. The molecule has 3 heteroatoms. The fourth-order valence-electron chi connectivity index (χ4n) is 2.81. The molecule has 1 aliphatic carbocycles. The second-order valence-electron chi connectivity index (χ2n) is 5.58. The molecule has 2 aromatic rings. The average molecular weight is 283 g/mol. The predicted molar refractivity (Wildman–Crippen MR) is 82.9 cm³/mol. The molecule has 0 aliphatic heterocycles. The molecule has 1 fully saturated rings. The molecule has 0 aromatic heterocycles. The molecule has 2 aromatic carbocycles. The van der Waals surface area contributed by atoms with Crippen LogP contribution in [0.4, 0.5) is 0 Å². The van der Waals surface area contributed by atoms with Gasteiger partial charge in [-0.1, -0.05) is 55.3 Å². The molecule has 0 spiro atoms. The average Bonchev–Trinajstić information content (AvgIpc) is 3.04. The van der Waals surface area contributed by atoms with Crippen LogP contribution in [0.3, 0.4) is 0 Å². The van der Waals surface area contributed by atoms with Crippen molar-refractivity contribution in [3.8, 4) is 5.75 Å². The Morgan fingerprint density at radius 3 is 2.19 bits per heavy atom. The van der Waals surface area contributed by atoms with Crippen LogP contribution in [-0.4, -0.2) is 11.2 Å². The minimum absolute atomic E-state index is 0.0209. The summed E-state index contributed by atoms with van der Waals surface area (Å²) in [4.78, 5) is 5.89. The van der Waals surface area contributed by atoms with Crippen molar-refractivity contribution in [3.63, 3.8) is 0 Å². The molecule has 0 amide bonds. The van der Waals surface area contributed by atoms with Gasteiger partial charge < -0.3 is 5.11 Å². The van der Waals surface area contributed by atoms with Crippen molar-refractivity contribution in [2.24, 2.45) is 0 Å². The molecular formula is C18H21NO2. The molecule has 3 rings (SSSR count). The Morgan fingerprint density at radius 1 is 0.905 bits per heavy atom. The maximum absolute atomic E-state index is 9.46. The number of aromatic hydroxyl groups is 1. The standard InChI is InChI=1S/C18H21NO2/c20-16-12-10-15(11-13-16)18(14-6-2-1-3-7-14)19-21-17-8-4-5-9-17/h1-3,6-7,10-13,17-20H,4-5,8-9H2. The van der Waals surface area contributed by atoms with Gasteiger partial charge in [-0.05, 0) is 36.1 Å². The van der Waals surface area contributed by atoms with Crippen LogP contribution in [0.5, 0.6) is 5.75 Å². The third kappa shape index (κ3) is 3.63. The summed E-state index contributed by atoms with van der Waals surface area (Å²) in [6, 6.07) is 17.5. The van der Waals surface area contributed by atoms with Crippen LogP contribution in [0.2, 0.25) is 0 Å². The summed E-state index contributed by atoms with van der Waals surface area (Å²) >= 11 is 0. The van der Waals surface area contributed by atoms with Crippen LogP contribution in [0.1, 0.15) is 42.9 Å². The molecule has 1 saturated carbocycles. The van der Waals surface area contributed by atoms with Gasteiger partial charge in [0.05, 0.1) is 12.1 Å². The Kier molecular flexibility index (Phi) is 4.53. The highest BCUT2D eigenvalue weighted by Crippen LogP contribution is 2.26. The number of hydrogen-bond acceptors (Lipinski definition) is 3. The van der Waals surface area contributed by atoms with Gasteiger partial charge in [0, 0.05) is 0 Å². The van der Waals surface area contributed by atoms with Crippen molar-refractivity contribution in [1.29, 1.82) is 0 Å². The van der Waals surface area contributed by atoms with E-state index in [9.17, 15) is 5.11 Å². The topological polar surface area (TPSA) is 41.5 Å². The normalized spacial score (nSPS) is 17.0. The summed E-state index contributed by atoms with van der Waals surface area (Å²) in [5, 5.41) is 9.46. The first-order valence-corrected chi connectivity index (χ1v) is 7.58. The first kappa shape index (κ1) is 14.1. The zero-order valence-electron chi connectivity index (χ0n) is 12.0. The first-order chi connectivity index (χ1) is 10.3. The Balaban J connectivity index is 1.78. The monoisotopic (exact) mass is 283 g/mol. The van der Waals surface area contributed by atoms with Gasteiger partial charge in [-0.15, -0.1) is 0 Å². The molecular weight excluding hydrogens is 262 g/mol. The fraction of sp³-hybridized carbons (Fsp3) is 0.333. The molecule has 0 bridgehead atoms. The summed E-state index contributed by atoms with van der Waals surface area (Å²) < 4.78 is 0. The Bertz CT molecular complexity index is 547. The van der Waals surface area contributed by atoms with E-state index in [0.29, 0.717) is 6.10 Å². The second-order valence-corrected chi connectivity index (χ2v) is 5.58. The molecule has 21 heavy (non-hydrogen) atoms. The minimum Gasteiger partial charge on any atom is -0.508 e. The van der Waals surface area contributed by atoms with E-state index in [4.69, 9.17) is 4.84 Å². The van der Waals surface area contributed by atoms with Crippen LogP contribution in [0.15, 0.2) is 54.6 Å². The van der Waals surface area contributed by atoms with Gasteiger partial charge in [-0.3, -0.25) is 4.84 Å². The lowest BCUT2D eigenvalue weighted by Gasteiger charge is -2.22. The van der Waals surface area contributed by atoms with Crippen LogP contribution >= 0.6 is 0 Å². The van der Waals surface area contributed by atoms with E-state index in [1.807, 2.05) is 30.3 Å². The molecule has 0 radical (unpaired) electrons. The van der Waals surface area contributed by atoms with Crippen molar-refractivity contribution < 1.29 is 9.94 Å². The van der Waals surface area contributed by atoms with Crippen molar-refractivity contribution in [3.05, 3.63) is 65.7 Å². The number of phenols is 1. The lowest BCUT2D eigenvalue weighted by Crippen LogP contribution is -2.27. The molecule has 0 saturated heterocycles. The highest BCUT2D eigenvalue weighted by molar-refractivity contribution is 5.34. The van der Waals surface area contributed by atoms with Gasteiger partial charge in [0.25, 0.3) is 0 Å². The Labute approximate surface area is 125 Å². The first-order valence-electron chi connectivity index (χ1n) is 7.58. The zero-order chi connectivity index (χ0) is 14.5. The van der Waals surface area contributed by atoms with Gasteiger partial charge in [0.2, 0.25) is 0 Å². The molecule has 0 heterocycles. The van der Waals surface area contributed by atoms with Crippen LogP contribution in [-0.2, 0) is 4.84 Å². The van der Waals surface area contributed by atoms with Crippen LogP contribution < -0.4 is 5.48 Å². The summed E-state index contributed by atoms with van der Waals surface area (Å²) in [5.41, 5.74) is 5.47. The van der Waals surface area contributed by atoms with E-state index in [2.05, 4.69) is 17.6 Å². The fourth-order valence-corrected chi connectivity index (χ4v) is 2.81. The van der Waals surface area contributed by atoms with E-state index >= 15 is 0 Å². The number of phenolic OH excluding ortho intramolecular Hbond substituents is 1. The maximum Gasteiger partial charge on any atom is 0.115 e. The van der Waals surface area contributed by atoms with Crippen LogP contribution in [0, 0.1) is 0 Å². The highest BCUT2D eigenvalue weighted by Gasteiger charge is 2.19. The SMILES string of the molecule is Oc1ccc(C(NOC2CCCC2)c2ccccc2)cc1.